The zero-order chi connectivity index (χ0) is 16.8. The van der Waals surface area contributed by atoms with Crippen LogP contribution in [0.3, 0.4) is 0 Å². The lowest BCUT2D eigenvalue weighted by molar-refractivity contribution is -0.138. The smallest absolute Gasteiger partial charge is 0.330 e. The average Bonchev–Trinajstić information content (AvgIpc) is 3.01. The van der Waals surface area contributed by atoms with Crippen LogP contribution in [0, 0.1) is 5.82 Å². The summed E-state index contributed by atoms with van der Waals surface area (Å²) in [6.07, 6.45) is 2.94. The Labute approximate surface area is 142 Å². The largest absolute Gasteiger partial charge is 0.487 e. The van der Waals surface area contributed by atoms with Crippen LogP contribution in [-0.2, 0) is 9.53 Å². The molecule has 0 aliphatic carbocycles. The fourth-order valence-corrected chi connectivity index (χ4v) is 2.87. The molecule has 1 aromatic heterocycles. The molecule has 6 heteroatoms. The van der Waals surface area contributed by atoms with Gasteiger partial charge in [-0.05, 0) is 30.3 Å². The van der Waals surface area contributed by atoms with E-state index in [1.165, 1.54) is 29.5 Å². The fourth-order valence-electron chi connectivity index (χ4n) is 2.00. The molecular weight excluding hydrogens is 329 g/mol. The Morgan fingerprint density at radius 2 is 1.92 bits per heavy atom. The van der Waals surface area contributed by atoms with E-state index in [-0.39, 0.29) is 19.0 Å². The third kappa shape index (κ3) is 4.17. The molecule has 0 fully saturated rings. The van der Waals surface area contributed by atoms with Crippen molar-refractivity contribution in [3.8, 4) is 5.75 Å². The SMILES string of the molecule is O=C(/C=C/c1nc2ccccc2s1)OCCOc1ccccc1F. The number of rotatable bonds is 6. The summed E-state index contributed by atoms with van der Waals surface area (Å²) < 4.78 is 24.6. The molecule has 2 aromatic carbocycles. The monoisotopic (exact) mass is 343 g/mol. The summed E-state index contributed by atoms with van der Waals surface area (Å²) >= 11 is 1.49. The van der Waals surface area contributed by atoms with Gasteiger partial charge in [0.15, 0.2) is 11.6 Å². The summed E-state index contributed by atoms with van der Waals surface area (Å²) in [6, 6.07) is 13.8. The average molecular weight is 343 g/mol. The topological polar surface area (TPSA) is 48.4 Å². The number of hydrogen-bond donors (Lipinski definition) is 0. The van der Waals surface area contributed by atoms with Crippen LogP contribution < -0.4 is 4.74 Å². The van der Waals surface area contributed by atoms with Crippen molar-refractivity contribution in [1.29, 1.82) is 0 Å². The van der Waals surface area contributed by atoms with E-state index < -0.39 is 11.8 Å². The molecule has 0 aliphatic heterocycles. The second-order valence-electron chi connectivity index (χ2n) is 4.80. The van der Waals surface area contributed by atoms with Crippen molar-refractivity contribution >= 4 is 33.6 Å². The number of hydrogen-bond acceptors (Lipinski definition) is 5. The third-order valence-corrected chi connectivity index (χ3v) is 4.10. The molecule has 1 heterocycles. The predicted octanol–water partition coefficient (Wildman–Crippen LogP) is 4.07. The second-order valence-corrected chi connectivity index (χ2v) is 5.86. The van der Waals surface area contributed by atoms with Crippen LogP contribution in [-0.4, -0.2) is 24.2 Å². The van der Waals surface area contributed by atoms with E-state index in [9.17, 15) is 9.18 Å². The molecule has 0 atom stereocenters. The Kier molecular flexibility index (Phi) is 5.18. The van der Waals surface area contributed by atoms with E-state index in [1.54, 1.807) is 18.2 Å². The summed E-state index contributed by atoms with van der Waals surface area (Å²) in [4.78, 5) is 16.0. The van der Waals surface area contributed by atoms with Crippen LogP contribution in [0.1, 0.15) is 5.01 Å². The Hall–Kier alpha value is -2.73. The van der Waals surface area contributed by atoms with E-state index in [2.05, 4.69) is 4.98 Å². The second kappa shape index (κ2) is 7.70. The van der Waals surface area contributed by atoms with Crippen LogP contribution in [0.25, 0.3) is 16.3 Å². The van der Waals surface area contributed by atoms with Crippen LogP contribution in [0.5, 0.6) is 5.75 Å². The van der Waals surface area contributed by atoms with E-state index in [0.29, 0.717) is 0 Å². The lowest BCUT2D eigenvalue weighted by atomic mass is 10.3. The number of carbonyl (C=O) groups excluding carboxylic acids is 1. The van der Waals surface area contributed by atoms with Crippen molar-refractivity contribution in [2.75, 3.05) is 13.2 Å². The number of benzene rings is 2. The molecule has 0 unspecified atom stereocenters. The van der Waals surface area contributed by atoms with Gasteiger partial charge in [0.05, 0.1) is 10.2 Å². The van der Waals surface area contributed by atoms with Gasteiger partial charge in [0.2, 0.25) is 0 Å². The number of nitrogens with zero attached hydrogens (tertiary/aromatic N) is 1. The third-order valence-electron chi connectivity index (χ3n) is 3.09. The molecule has 3 aromatic rings. The minimum atomic E-state index is -0.494. The van der Waals surface area contributed by atoms with Gasteiger partial charge in [0.25, 0.3) is 0 Å². The van der Waals surface area contributed by atoms with Crippen molar-refractivity contribution < 1.29 is 18.7 Å². The highest BCUT2D eigenvalue weighted by molar-refractivity contribution is 7.19. The summed E-state index contributed by atoms with van der Waals surface area (Å²) in [5.74, 6) is -0.801. The Morgan fingerprint density at radius 1 is 1.12 bits per heavy atom. The maximum atomic E-state index is 13.3. The minimum absolute atomic E-state index is 0.0390. The number of fused-ring (bicyclic) bond motifs is 1. The summed E-state index contributed by atoms with van der Waals surface area (Å²) in [6.45, 7) is 0.124. The molecule has 0 radical (unpaired) electrons. The first-order valence-corrected chi connectivity index (χ1v) is 8.12. The molecule has 122 valence electrons. The molecule has 0 N–H and O–H groups in total. The van der Waals surface area contributed by atoms with E-state index in [1.807, 2.05) is 24.3 Å². The fraction of sp³-hybridized carbons (Fsp3) is 0.111. The number of halogens is 1. The van der Waals surface area contributed by atoms with Crippen LogP contribution in [0.2, 0.25) is 0 Å². The molecule has 0 amide bonds. The van der Waals surface area contributed by atoms with Crippen LogP contribution in [0.4, 0.5) is 4.39 Å². The van der Waals surface area contributed by atoms with Crippen molar-refractivity contribution in [2.45, 2.75) is 0 Å². The van der Waals surface area contributed by atoms with Gasteiger partial charge in [-0.3, -0.25) is 0 Å². The lowest BCUT2D eigenvalue weighted by Gasteiger charge is -2.06. The zero-order valence-electron chi connectivity index (χ0n) is 12.6. The highest BCUT2D eigenvalue weighted by atomic mass is 32.1. The number of carbonyl (C=O) groups is 1. The quantitative estimate of drug-likeness (QED) is 0.384. The zero-order valence-corrected chi connectivity index (χ0v) is 13.5. The maximum Gasteiger partial charge on any atom is 0.330 e. The first kappa shape index (κ1) is 16.1. The Balaban J connectivity index is 1.46. The molecule has 4 nitrogen and oxygen atoms in total. The highest BCUT2D eigenvalue weighted by Gasteiger charge is 2.03. The summed E-state index contributed by atoms with van der Waals surface area (Å²) in [5.41, 5.74) is 0.897. The van der Waals surface area contributed by atoms with Gasteiger partial charge in [-0.25, -0.2) is 14.2 Å². The molecule has 0 aliphatic rings. The normalized spacial score (nSPS) is 11.0. The van der Waals surface area contributed by atoms with Gasteiger partial charge in [0, 0.05) is 6.08 Å². The van der Waals surface area contributed by atoms with E-state index >= 15 is 0 Å². The van der Waals surface area contributed by atoms with Crippen molar-refractivity contribution in [3.63, 3.8) is 0 Å². The predicted molar refractivity (Wildman–Crippen MR) is 91.5 cm³/mol. The van der Waals surface area contributed by atoms with Gasteiger partial charge in [-0.2, -0.15) is 0 Å². The molecule has 0 saturated carbocycles. The lowest BCUT2D eigenvalue weighted by Crippen LogP contribution is -2.10. The van der Waals surface area contributed by atoms with Gasteiger partial charge in [-0.1, -0.05) is 24.3 Å². The van der Waals surface area contributed by atoms with Gasteiger partial charge < -0.3 is 9.47 Å². The summed E-state index contributed by atoms with van der Waals surface area (Å²) in [5, 5.41) is 0.732. The molecule has 0 spiro atoms. The summed E-state index contributed by atoms with van der Waals surface area (Å²) in [7, 11) is 0. The molecule has 0 bridgehead atoms. The minimum Gasteiger partial charge on any atom is -0.487 e. The van der Waals surface area contributed by atoms with Crippen molar-refractivity contribution in [2.24, 2.45) is 0 Å². The van der Waals surface area contributed by atoms with Gasteiger partial charge >= 0.3 is 5.97 Å². The highest BCUT2D eigenvalue weighted by Crippen LogP contribution is 2.22. The molecule has 24 heavy (non-hydrogen) atoms. The van der Waals surface area contributed by atoms with Crippen LogP contribution >= 0.6 is 11.3 Å². The number of esters is 1. The Morgan fingerprint density at radius 3 is 2.75 bits per heavy atom. The van der Waals surface area contributed by atoms with Gasteiger partial charge in [-0.15, -0.1) is 11.3 Å². The molecule has 3 rings (SSSR count). The molecule has 0 saturated heterocycles. The van der Waals surface area contributed by atoms with E-state index in [4.69, 9.17) is 9.47 Å². The number of ether oxygens (including phenoxy) is 2. The Bertz CT molecular complexity index is 842. The van der Waals surface area contributed by atoms with Gasteiger partial charge in [0.1, 0.15) is 18.2 Å². The number of para-hydroxylation sites is 2. The number of aromatic nitrogens is 1. The first-order chi connectivity index (χ1) is 11.7. The maximum absolute atomic E-state index is 13.3. The standard InChI is InChI=1S/C18H14FNO3S/c19-13-5-1-3-7-15(13)22-11-12-23-18(21)10-9-17-20-14-6-2-4-8-16(14)24-17/h1-10H,11-12H2/b10-9+. The number of thiazole rings is 1. The first-order valence-electron chi connectivity index (χ1n) is 7.30. The van der Waals surface area contributed by atoms with Crippen molar-refractivity contribution in [1.82, 2.24) is 4.98 Å². The molecular formula is C18H14FNO3S. The van der Waals surface area contributed by atoms with Crippen molar-refractivity contribution in [3.05, 3.63) is 65.4 Å². The van der Waals surface area contributed by atoms with Crippen LogP contribution in [0.15, 0.2) is 54.6 Å². The van der Waals surface area contributed by atoms with E-state index in [0.717, 1.165) is 15.2 Å².